The van der Waals surface area contributed by atoms with Gasteiger partial charge in [0, 0.05) is 41.1 Å². The maximum atomic E-state index is 4.32. The Morgan fingerprint density at radius 2 is 1.61 bits per heavy atom. The van der Waals surface area contributed by atoms with Crippen molar-refractivity contribution in [2.45, 2.75) is 0 Å². The van der Waals surface area contributed by atoms with Crippen LogP contribution in [0.2, 0.25) is 0 Å². The van der Waals surface area contributed by atoms with E-state index in [0.29, 0.717) is 0 Å². The van der Waals surface area contributed by atoms with E-state index < -0.39 is 0 Å². The van der Waals surface area contributed by atoms with Crippen LogP contribution in [0.5, 0.6) is 0 Å². The normalized spacial score (nSPS) is 11.3. The van der Waals surface area contributed by atoms with E-state index in [9.17, 15) is 0 Å². The number of rotatable bonds is 1. The molecule has 0 bridgehead atoms. The van der Waals surface area contributed by atoms with Crippen molar-refractivity contribution in [2.75, 3.05) is 0 Å². The van der Waals surface area contributed by atoms with Crippen molar-refractivity contribution in [3.8, 4) is 11.1 Å². The maximum Gasteiger partial charge on any atom is 0.137 e. The minimum absolute atomic E-state index is 0.908. The van der Waals surface area contributed by atoms with Crippen LogP contribution in [0, 0.1) is 0 Å². The molecule has 0 amide bonds. The molecule has 86 valence electrons. The van der Waals surface area contributed by atoms with Gasteiger partial charge in [-0.2, -0.15) is 0 Å². The molecule has 4 heterocycles. The highest BCUT2D eigenvalue weighted by Crippen LogP contribution is 2.31. The highest BCUT2D eigenvalue weighted by molar-refractivity contribution is 6.02. The van der Waals surface area contributed by atoms with Crippen molar-refractivity contribution < 1.29 is 0 Å². The van der Waals surface area contributed by atoms with Gasteiger partial charge in [0.15, 0.2) is 0 Å². The Hall–Kier alpha value is -2.62. The summed E-state index contributed by atoms with van der Waals surface area (Å²) in [6.45, 7) is 0. The van der Waals surface area contributed by atoms with Gasteiger partial charge in [0.05, 0.1) is 0 Å². The second-order valence-electron chi connectivity index (χ2n) is 4.20. The van der Waals surface area contributed by atoms with Crippen LogP contribution >= 0.6 is 0 Å². The molecule has 0 aliphatic rings. The number of aromatic nitrogens is 4. The van der Waals surface area contributed by atoms with E-state index in [2.05, 4.69) is 26.0 Å². The standard InChI is InChI=1S/C14H10N4/c1-2-10-12(8-18-14(10)15-5-1)9-3-6-16-13-11(9)4-7-17-13/h1-8H,(H,15,18)(H,16,17). The Morgan fingerprint density at radius 1 is 0.778 bits per heavy atom. The first-order valence-electron chi connectivity index (χ1n) is 5.78. The van der Waals surface area contributed by atoms with Crippen molar-refractivity contribution in [1.29, 1.82) is 0 Å². The zero-order valence-electron chi connectivity index (χ0n) is 9.51. The average molecular weight is 234 g/mol. The van der Waals surface area contributed by atoms with Crippen LogP contribution in [-0.4, -0.2) is 19.9 Å². The van der Waals surface area contributed by atoms with Crippen LogP contribution in [-0.2, 0) is 0 Å². The molecule has 0 spiro atoms. The van der Waals surface area contributed by atoms with Gasteiger partial charge in [-0.15, -0.1) is 0 Å². The molecule has 18 heavy (non-hydrogen) atoms. The number of hydrogen-bond donors (Lipinski definition) is 2. The van der Waals surface area contributed by atoms with E-state index in [0.717, 1.165) is 27.6 Å². The summed E-state index contributed by atoms with van der Waals surface area (Å²) in [6.07, 6.45) is 7.53. The van der Waals surface area contributed by atoms with Gasteiger partial charge in [0.25, 0.3) is 0 Å². The number of H-pyrrole nitrogens is 2. The quantitative estimate of drug-likeness (QED) is 0.531. The molecule has 0 aromatic carbocycles. The van der Waals surface area contributed by atoms with Gasteiger partial charge in [-0.3, -0.25) is 0 Å². The number of pyridine rings is 2. The minimum Gasteiger partial charge on any atom is -0.346 e. The SMILES string of the molecule is c1cnc2[nH]cc(-c3ccnc4[nH]ccc34)c2c1. The van der Waals surface area contributed by atoms with E-state index in [4.69, 9.17) is 0 Å². The lowest BCUT2D eigenvalue weighted by atomic mass is 10.0. The second kappa shape index (κ2) is 3.43. The molecule has 0 fully saturated rings. The molecule has 4 aromatic heterocycles. The van der Waals surface area contributed by atoms with Crippen molar-refractivity contribution in [1.82, 2.24) is 19.9 Å². The maximum absolute atomic E-state index is 4.32. The molecule has 2 N–H and O–H groups in total. The molecule has 0 unspecified atom stereocenters. The fraction of sp³-hybridized carbons (Fsp3) is 0. The highest BCUT2D eigenvalue weighted by atomic mass is 14.8. The Labute approximate surface area is 103 Å². The Bertz CT molecular complexity index is 841. The predicted molar refractivity (Wildman–Crippen MR) is 71.2 cm³/mol. The Balaban J connectivity index is 2.10. The van der Waals surface area contributed by atoms with Crippen molar-refractivity contribution in [2.24, 2.45) is 0 Å². The Kier molecular flexibility index (Phi) is 1.80. The average Bonchev–Trinajstić information content (AvgIpc) is 3.05. The summed E-state index contributed by atoms with van der Waals surface area (Å²) in [5.74, 6) is 0. The lowest BCUT2D eigenvalue weighted by Crippen LogP contribution is -1.81. The Morgan fingerprint density at radius 3 is 2.61 bits per heavy atom. The molecule has 4 rings (SSSR count). The molecule has 4 aromatic rings. The lowest BCUT2D eigenvalue weighted by Gasteiger charge is -2.01. The molecule has 0 saturated carbocycles. The summed E-state index contributed by atoms with van der Waals surface area (Å²) in [5, 5.41) is 2.26. The summed E-state index contributed by atoms with van der Waals surface area (Å²) >= 11 is 0. The first-order chi connectivity index (χ1) is 8.93. The van der Waals surface area contributed by atoms with Crippen molar-refractivity contribution >= 4 is 22.1 Å². The van der Waals surface area contributed by atoms with Crippen LogP contribution in [0.1, 0.15) is 0 Å². The predicted octanol–water partition coefficient (Wildman–Crippen LogP) is 3.11. The number of nitrogens with one attached hydrogen (secondary N) is 2. The molecular weight excluding hydrogens is 224 g/mol. The fourth-order valence-corrected chi connectivity index (χ4v) is 2.37. The third-order valence-corrected chi connectivity index (χ3v) is 3.20. The first-order valence-corrected chi connectivity index (χ1v) is 5.78. The largest absolute Gasteiger partial charge is 0.346 e. The van der Waals surface area contributed by atoms with Crippen LogP contribution < -0.4 is 0 Å². The molecular formula is C14H10N4. The number of nitrogens with zero attached hydrogens (tertiary/aromatic N) is 2. The summed E-state index contributed by atoms with van der Waals surface area (Å²) in [7, 11) is 0. The van der Waals surface area contributed by atoms with Crippen LogP contribution in [0.3, 0.4) is 0 Å². The molecule has 0 radical (unpaired) electrons. The summed E-state index contributed by atoms with van der Waals surface area (Å²) < 4.78 is 0. The van der Waals surface area contributed by atoms with E-state index in [1.165, 1.54) is 5.56 Å². The van der Waals surface area contributed by atoms with Gasteiger partial charge >= 0.3 is 0 Å². The molecule has 4 nitrogen and oxygen atoms in total. The van der Waals surface area contributed by atoms with Gasteiger partial charge < -0.3 is 9.97 Å². The molecule has 0 aliphatic carbocycles. The molecule has 0 saturated heterocycles. The van der Waals surface area contributed by atoms with E-state index in [-0.39, 0.29) is 0 Å². The van der Waals surface area contributed by atoms with E-state index in [1.807, 2.05) is 36.8 Å². The summed E-state index contributed by atoms with van der Waals surface area (Å²) in [5.41, 5.74) is 4.14. The summed E-state index contributed by atoms with van der Waals surface area (Å²) in [6, 6.07) is 8.11. The number of fused-ring (bicyclic) bond motifs is 2. The molecule has 0 atom stereocenters. The van der Waals surface area contributed by atoms with Gasteiger partial charge in [-0.1, -0.05) is 0 Å². The lowest BCUT2D eigenvalue weighted by molar-refractivity contribution is 1.32. The van der Waals surface area contributed by atoms with Crippen LogP contribution in [0.25, 0.3) is 33.2 Å². The third kappa shape index (κ3) is 1.20. The third-order valence-electron chi connectivity index (χ3n) is 3.20. The smallest absolute Gasteiger partial charge is 0.137 e. The van der Waals surface area contributed by atoms with E-state index >= 15 is 0 Å². The minimum atomic E-state index is 0.908. The van der Waals surface area contributed by atoms with Crippen molar-refractivity contribution in [3.63, 3.8) is 0 Å². The molecule has 4 heteroatoms. The number of hydrogen-bond acceptors (Lipinski definition) is 2. The molecule has 0 aliphatic heterocycles. The topological polar surface area (TPSA) is 57.4 Å². The second-order valence-corrected chi connectivity index (χ2v) is 4.20. The van der Waals surface area contributed by atoms with Gasteiger partial charge in [0.2, 0.25) is 0 Å². The van der Waals surface area contributed by atoms with Gasteiger partial charge in [-0.05, 0) is 29.8 Å². The van der Waals surface area contributed by atoms with Gasteiger partial charge in [0.1, 0.15) is 11.3 Å². The first kappa shape index (κ1) is 9.41. The zero-order chi connectivity index (χ0) is 11.9. The summed E-state index contributed by atoms with van der Waals surface area (Å²) in [4.78, 5) is 15.0. The highest BCUT2D eigenvalue weighted by Gasteiger charge is 2.10. The van der Waals surface area contributed by atoms with Crippen LogP contribution in [0.15, 0.2) is 49.1 Å². The van der Waals surface area contributed by atoms with Crippen LogP contribution in [0.4, 0.5) is 0 Å². The van der Waals surface area contributed by atoms with E-state index in [1.54, 1.807) is 6.20 Å². The number of aromatic amines is 2. The van der Waals surface area contributed by atoms with Gasteiger partial charge in [-0.25, -0.2) is 9.97 Å². The van der Waals surface area contributed by atoms with Crippen molar-refractivity contribution in [3.05, 3.63) is 49.1 Å². The zero-order valence-corrected chi connectivity index (χ0v) is 9.51. The monoisotopic (exact) mass is 234 g/mol. The fourth-order valence-electron chi connectivity index (χ4n) is 2.37.